The second-order valence-electron chi connectivity index (χ2n) is 9.30. The van der Waals surface area contributed by atoms with Crippen molar-refractivity contribution in [3.05, 3.63) is 40.2 Å². The molecule has 6 heteroatoms. The molecule has 0 aliphatic carbocycles. The molecule has 0 unspecified atom stereocenters. The fourth-order valence-corrected chi connectivity index (χ4v) is 3.36. The van der Waals surface area contributed by atoms with Crippen LogP contribution in [0.25, 0.3) is 10.9 Å². The standard InChI is InChI=1S/C21H30BNO4/c1-13(2)23-12-16(19(3,4)25)18(24)15-10-9-14(11-17(15)23)22-26-20(5,6)21(7,8)27-22/h9-13,25H,1-8H3. The van der Waals surface area contributed by atoms with Gasteiger partial charge in [0.15, 0.2) is 5.43 Å². The number of aliphatic hydroxyl groups is 1. The third kappa shape index (κ3) is 3.35. The number of rotatable bonds is 3. The lowest BCUT2D eigenvalue weighted by molar-refractivity contribution is 0.00578. The summed E-state index contributed by atoms with van der Waals surface area (Å²) in [6.07, 6.45) is 1.77. The third-order valence-corrected chi connectivity index (χ3v) is 5.80. The summed E-state index contributed by atoms with van der Waals surface area (Å²) in [6.45, 7) is 15.5. The molecule has 1 fully saturated rings. The van der Waals surface area contributed by atoms with E-state index in [0.29, 0.717) is 10.9 Å². The van der Waals surface area contributed by atoms with Crippen LogP contribution in [0, 0.1) is 0 Å². The van der Waals surface area contributed by atoms with E-state index in [4.69, 9.17) is 9.31 Å². The van der Waals surface area contributed by atoms with Crippen LogP contribution in [0.15, 0.2) is 29.2 Å². The average Bonchev–Trinajstić information content (AvgIpc) is 2.73. The van der Waals surface area contributed by atoms with Crippen molar-refractivity contribution in [1.82, 2.24) is 4.57 Å². The van der Waals surface area contributed by atoms with Crippen molar-refractivity contribution in [3.8, 4) is 0 Å². The highest BCUT2D eigenvalue weighted by Gasteiger charge is 2.51. The molecular weight excluding hydrogens is 341 g/mol. The molecule has 0 saturated carbocycles. The van der Waals surface area contributed by atoms with Gasteiger partial charge in [-0.25, -0.2) is 0 Å². The maximum atomic E-state index is 13.0. The highest BCUT2D eigenvalue weighted by atomic mass is 16.7. The number of benzene rings is 1. The first kappa shape index (κ1) is 20.1. The van der Waals surface area contributed by atoms with E-state index in [1.807, 2.05) is 50.5 Å². The number of fused-ring (bicyclic) bond motifs is 1. The highest BCUT2D eigenvalue weighted by Crippen LogP contribution is 2.36. The minimum absolute atomic E-state index is 0.128. The number of aromatic nitrogens is 1. The van der Waals surface area contributed by atoms with E-state index >= 15 is 0 Å². The molecule has 0 spiro atoms. The molecule has 1 aliphatic rings. The van der Waals surface area contributed by atoms with Crippen LogP contribution in [-0.4, -0.2) is 28.0 Å². The Morgan fingerprint density at radius 2 is 1.67 bits per heavy atom. The van der Waals surface area contributed by atoms with Crippen molar-refractivity contribution in [2.45, 2.75) is 78.2 Å². The molecule has 0 amide bonds. The maximum absolute atomic E-state index is 13.0. The Bertz CT molecular complexity index is 922. The van der Waals surface area contributed by atoms with E-state index in [2.05, 4.69) is 13.8 Å². The molecule has 0 radical (unpaired) electrons. The quantitative estimate of drug-likeness (QED) is 0.843. The molecule has 0 atom stereocenters. The zero-order valence-electron chi connectivity index (χ0n) is 17.6. The van der Waals surface area contributed by atoms with Gasteiger partial charge in [0.1, 0.15) is 0 Å². The Hall–Kier alpha value is -1.63. The molecular formula is C21H30BNO4. The second kappa shape index (κ2) is 6.19. The fraction of sp³-hybridized carbons (Fsp3) is 0.571. The van der Waals surface area contributed by atoms with Crippen molar-refractivity contribution in [1.29, 1.82) is 0 Å². The minimum Gasteiger partial charge on any atom is -0.399 e. The Morgan fingerprint density at radius 3 is 2.15 bits per heavy atom. The highest BCUT2D eigenvalue weighted by molar-refractivity contribution is 6.62. The average molecular weight is 371 g/mol. The Morgan fingerprint density at radius 1 is 1.11 bits per heavy atom. The lowest BCUT2D eigenvalue weighted by atomic mass is 9.78. The first-order valence-electron chi connectivity index (χ1n) is 9.52. The summed E-state index contributed by atoms with van der Waals surface area (Å²) in [5.41, 5.74) is -0.0978. The minimum atomic E-state index is -1.20. The number of nitrogens with zero attached hydrogens (tertiary/aromatic N) is 1. The zero-order valence-corrected chi connectivity index (χ0v) is 17.6. The summed E-state index contributed by atoms with van der Waals surface area (Å²) >= 11 is 0. The van der Waals surface area contributed by atoms with Crippen molar-refractivity contribution in [2.75, 3.05) is 0 Å². The van der Waals surface area contributed by atoms with Crippen LogP contribution in [0.5, 0.6) is 0 Å². The molecule has 1 aliphatic heterocycles. The number of hydrogen-bond donors (Lipinski definition) is 1. The molecule has 2 heterocycles. The summed E-state index contributed by atoms with van der Waals surface area (Å²) in [4.78, 5) is 13.0. The van der Waals surface area contributed by atoms with E-state index in [1.54, 1.807) is 20.0 Å². The first-order valence-corrected chi connectivity index (χ1v) is 9.52. The van der Waals surface area contributed by atoms with Crippen molar-refractivity contribution >= 4 is 23.5 Å². The Labute approximate surface area is 161 Å². The van der Waals surface area contributed by atoms with Crippen LogP contribution in [0.2, 0.25) is 0 Å². The van der Waals surface area contributed by atoms with Gasteiger partial charge in [0, 0.05) is 23.2 Å². The molecule has 2 aromatic rings. The summed E-state index contributed by atoms with van der Waals surface area (Å²) in [5.74, 6) is 0. The van der Waals surface area contributed by atoms with Crippen LogP contribution in [-0.2, 0) is 14.9 Å². The van der Waals surface area contributed by atoms with E-state index < -0.39 is 23.9 Å². The van der Waals surface area contributed by atoms with Gasteiger partial charge in [-0.3, -0.25) is 4.79 Å². The van der Waals surface area contributed by atoms with Crippen LogP contribution >= 0.6 is 0 Å². The predicted molar refractivity (Wildman–Crippen MR) is 110 cm³/mol. The first-order chi connectivity index (χ1) is 12.2. The summed E-state index contributed by atoms with van der Waals surface area (Å²) in [5, 5.41) is 11.0. The van der Waals surface area contributed by atoms with Crippen LogP contribution in [0.3, 0.4) is 0 Å². The summed E-state index contributed by atoms with van der Waals surface area (Å²) in [7, 11) is -0.482. The van der Waals surface area contributed by atoms with E-state index in [0.717, 1.165) is 11.0 Å². The molecule has 1 saturated heterocycles. The molecule has 5 nitrogen and oxygen atoms in total. The van der Waals surface area contributed by atoms with Crippen molar-refractivity contribution in [2.24, 2.45) is 0 Å². The van der Waals surface area contributed by atoms with Gasteiger partial charge in [-0.15, -0.1) is 0 Å². The maximum Gasteiger partial charge on any atom is 0.494 e. The monoisotopic (exact) mass is 371 g/mol. The smallest absolute Gasteiger partial charge is 0.399 e. The summed E-state index contributed by atoms with van der Waals surface area (Å²) in [6, 6.07) is 5.78. The van der Waals surface area contributed by atoms with Crippen LogP contribution in [0.1, 0.15) is 67.0 Å². The zero-order chi connectivity index (χ0) is 20.4. The third-order valence-electron chi connectivity index (χ3n) is 5.80. The van der Waals surface area contributed by atoms with E-state index in [9.17, 15) is 9.90 Å². The lowest BCUT2D eigenvalue weighted by Crippen LogP contribution is -2.41. The Kier molecular flexibility index (Phi) is 4.61. The molecule has 1 aromatic heterocycles. The molecule has 146 valence electrons. The fourth-order valence-electron chi connectivity index (χ4n) is 3.36. The van der Waals surface area contributed by atoms with Gasteiger partial charge in [0.05, 0.1) is 22.3 Å². The summed E-state index contributed by atoms with van der Waals surface area (Å²) < 4.78 is 14.3. The van der Waals surface area contributed by atoms with Crippen molar-refractivity contribution < 1.29 is 14.4 Å². The lowest BCUT2D eigenvalue weighted by Gasteiger charge is -2.32. The van der Waals surface area contributed by atoms with E-state index in [1.165, 1.54) is 0 Å². The van der Waals surface area contributed by atoms with E-state index in [-0.39, 0.29) is 11.5 Å². The normalized spacial score (nSPS) is 19.3. The SMILES string of the molecule is CC(C)n1cc(C(C)(C)O)c(=O)c2ccc(B3OC(C)(C)C(C)(C)O3)cc21. The number of hydrogen-bond acceptors (Lipinski definition) is 4. The van der Waals surface area contributed by atoms with Gasteiger partial charge < -0.3 is 19.0 Å². The van der Waals surface area contributed by atoms with Crippen LogP contribution in [0.4, 0.5) is 0 Å². The molecule has 3 rings (SSSR count). The van der Waals surface area contributed by atoms with Gasteiger partial charge in [-0.2, -0.15) is 0 Å². The van der Waals surface area contributed by atoms with Crippen LogP contribution < -0.4 is 10.9 Å². The molecule has 0 bridgehead atoms. The van der Waals surface area contributed by atoms with Gasteiger partial charge in [-0.1, -0.05) is 6.07 Å². The Balaban J connectivity index is 2.19. The van der Waals surface area contributed by atoms with Gasteiger partial charge in [0.25, 0.3) is 0 Å². The van der Waals surface area contributed by atoms with Gasteiger partial charge >= 0.3 is 7.12 Å². The number of pyridine rings is 1. The second-order valence-corrected chi connectivity index (χ2v) is 9.30. The van der Waals surface area contributed by atoms with Gasteiger partial charge in [0.2, 0.25) is 0 Å². The predicted octanol–water partition coefficient (Wildman–Crippen LogP) is 3.11. The topological polar surface area (TPSA) is 60.7 Å². The van der Waals surface area contributed by atoms with Gasteiger partial charge in [-0.05, 0) is 73.0 Å². The molecule has 1 N–H and O–H groups in total. The molecule has 1 aromatic carbocycles. The largest absolute Gasteiger partial charge is 0.494 e. The van der Waals surface area contributed by atoms with Crippen molar-refractivity contribution in [3.63, 3.8) is 0 Å². The molecule has 27 heavy (non-hydrogen) atoms.